The van der Waals surface area contributed by atoms with Crippen molar-refractivity contribution in [2.75, 3.05) is 15.1 Å². The van der Waals surface area contributed by atoms with Gasteiger partial charge in [-0.2, -0.15) is 14.8 Å². The van der Waals surface area contributed by atoms with Crippen LogP contribution in [0.5, 0.6) is 0 Å². The van der Waals surface area contributed by atoms with E-state index in [0.29, 0.717) is 38.5 Å². The zero-order chi connectivity index (χ0) is 24.8. The number of amides is 1. The highest BCUT2D eigenvalue weighted by molar-refractivity contribution is 6.09. The molecule has 3 aromatic heterocycles. The van der Waals surface area contributed by atoms with E-state index in [9.17, 15) is 14.4 Å². The predicted molar refractivity (Wildman–Crippen MR) is 133 cm³/mol. The fourth-order valence-electron chi connectivity index (χ4n) is 5.29. The van der Waals surface area contributed by atoms with Gasteiger partial charge >= 0.3 is 0 Å². The summed E-state index contributed by atoms with van der Waals surface area (Å²) in [6.45, 7) is 1.87. The molecule has 1 fully saturated rings. The molecule has 1 aliphatic heterocycles. The number of benzene rings is 1. The number of pyridine rings is 1. The van der Waals surface area contributed by atoms with Gasteiger partial charge in [0.25, 0.3) is 5.91 Å². The quantitative estimate of drug-likeness (QED) is 0.328. The molecule has 0 spiro atoms. The van der Waals surface area contributed by atoms with Crippen LogP contribution in [0.2, 0.25) is 0 Å². The Morgan fingerprint density at radius 2 is 2.06 bits per heavy atom. The maximum absolute atomic E-state index is 14.5. The van der Waals surface area contributed by atoms with Crippen molar-refractivity contribution in [2.24, 2.45) is 0 Å². The molecule has 1 atom stereocenters. The molecule has 0 unspecified atom stereocenters. The summed E-state index contributed by atoms with van der Waals surface area (Å²) in [4.78, 5) is 26.5. The second-order valence-corrected chi connectivity index (χ2v) is 9.29. The molecule has 2 N–H and O–H groups in total. The molecule has 36 heavy (non-hydrogen) atoms. The molecule has 4 aromatic rings. The van der Waals surface area contributed by atoms with E-state index in [1.807, 2.05) is 6.92 Å². The van der Waals surface area contributed by atoms with Gasteiger partial charge in [0.05, 0.1) is 12.4 Å². The molecular formula is C25H25FN8O2. The highest BCUT2D eigenvalue weighted by atomic mass is 19.1. The highest BCUT2D eigenvalue weighted by Gasteiger charge is 2.41. The first kappa shape index (κ1) is 22.2. The molecule has 1 aliphatic carbocycles. The first-order chi connectivity index (χ1) is 17.5. The smallest absolute Gasteiger partial charge is 0.254 e. The minimum atomic E-state index is -0.483. The molecule has 184 valence electrons. The highest BCUT2D eigenvalue weighted by Crippen LogP contribution is 2.42. The summed E-state index contributed by atoms with van der Waals surface area (Å²) in [6.07, 6.45) is 11.2. The van der Waals surface area contributed by atoms with Gasteiger partial charge < -0.3 is 15.4 Å². The van der Waals surface area contributed by atoms with E-state index in [1.54, 1.807) is 30.6 Å². The molecule has 0 saturated heterocycles. The first-order valence-electron chi connectivity index (χ1n) is 12.1. The summed E-state index contributed by atoms with van der Waals surface area (Å²) in [6, 6.07) is 6.13. The number of halogens is 1. The van der Waals surface area contributed by atoms with Crippen LogP contribution in [0.25, 0.3) is 10.9 Å². The maximum atomic E-state index is 14.5. The van der Waals surface area contributed by atoms with Crippen LogP contribution >= 0.6 is 0 Å². The van der Waals surface area contributed by atoms with Gasteiger partial charge in [0, 0.05) is 23.2 Å². The number of anilines is 5. The SMILES string of the molecule is C[C@@H]1C(=O)N(c2ccc[n+]([O-])c2)c2cnc(Nc3cc(F)c4[nH]ncc4c3)nc2N1C1CCCCC1. The molecule has 0 bridgehead atoms. The number of carbonyl (C=O) groups is 1. The van der Waals surface area contributed by atoms with Gasteiger partial charge in [-0.1, -0.05) is 19.3 Å². The molecule has 4 heterocycles. The average molecular weight is 489 g/mol. The summed E-state index contributed by atoms with van der Waals surface area (Å²) in [5, 5.41) is 22.3. The van der Waals surface area contributed by atoms with Crippen molar-refractivity contribution in [1.29, 1.82) is 0 Å². The third-order valence-electron chi connectivity index (χ3n) is 6.97. The number of fused-ring (bicyclic) bond motifs is 2. The van der Waals surface area contributed by atoms with Crippen LogP contribution in [0.3, 0.4) is 0 Å². The Morgan fingerprint density at radius 1 is 1.22 bits per heavy atom. The first-order valence-corrected chi connectivity index (χ1v) is 12.1. The number of aromatic amines is 1. The van der Waals surface area contributed by atoms with E-state index in [4.69, 9.17) is 4.98 Å². The Balaban J connectivity index is 1.44. The monoisotopic (exact) mass is 488 g/mol. The van der Waals surface area contributed by atoms with E-state index >= 15 is 0 Å². The Kier molecular flexibility index (Phi) is 5.39. The minimum Gasteiger partial charge on any atom is -0.619 e. The number of aromatic nitrogens is 5. The van der Waals surface area contributed by atoms with Crippen molar-refractivity contribution in [2.45, 2.75) is 51.1 Å². The lowest BCUT2D eigenvalue weighted by molar-refractivity contribution is -0.604. The lowest BCUT2D eigenvalue weighted by atomic mass is 9.92. The summed E-state index contributed by atoms with van der Waals surface area (Å²) in [5.74, 6) is 0.314. The summed E-state index contributed by atoms with van der Waals surface area (Å²) < 4.78 is 15.2. The van der Waals surface area contributed by atoms with E-state index in [0.717, 1.165) is 25.7 Å². The zero-order valence-electron chi connectivity index (χ0n) is 19.7. The molecule has 11 heteroatoms. The third-order valence-corrected chi connectivity index (χ3v) is 6.97. The van der Waals surface area contributed by atoms with Crippen molar-refractivity contribution in [3.63, 3.8) is 0 Å². The Labute approximate surface area is 206 Å². The zero-order valence-corrected chi connectivity index (χ0v) is 19.7. The van der Waals surface area contributed by atoms with Crippen LogP contribution < -0.4 is 19.8 Å². The summed E-state index contributed by atoms with van der Waals surface area (Å²) in [5.41, 5.74) is 1.78. The summed E-state index contributed by atoms with van der Waals surface area (Å²) in [7, 11) is 0. The van der Waals surface area contributed by atoms with Crippen molar-refractivity contribution < 1.29 is 13.9 Å². The lowest BCUT2D eigenvalue weighted by Gasteiger charge is -2.45. The van der Waals surface area contributed by atoms with Gasteiger partial charge in [-0.05, 0) is 38.0 Å². The Morgan fingerprint density at radius 3 is 2.86 bits per heavy atom. The molecule has 1 saturated carbocycles. The number of rotatable bonds is 4. The van der Waals surface area contributed by atoms with Crippen molar-refractivity contribution in [1.82, 2.24) is 20.2 Å². The van der Waals surface area contributed by atoms with Crippen LogP contribution in [0.4, 0.5) is 33.2 Å². The van der Waals surface area contributed by atoms with Gasteiger partial charge in [0.2, 0.25) is 12.1 Å². The molecular weight excluding hydrogens is 463 g/mol. The topological polar surface area (TPSA) is 117 Å². The second-order valence-electron chi connectivity index (χ2n) is 9.29. The number of hydrogen-bond acceptors (Lipinski definition) is 7. The van der Waals surface area contributed by atoms with E-state index < -0.39 is 11.9 Å². The molecule has 2 aliphatic rings. The molecule has 1 amide bonds. The van der Waals surface area contributed by atoms with E-state index in [2.05, 4.69) is 25.4 Å². The number of carbonyl (C=O) groups excluding carboxylic acids is 1. The van der Waals surface area contributed by atoms with Crippen LogP contribution in [-0.4, -0.2) is 38.2 Å². The van der Waals surface area contributed by atoms with Crippen LogP contribution in [0.1, 0.15) is 39.0 Å². The van der Waals surface area contributed by atoms with Gasteiger partial charge in [0.1, 0.15) is 22.9 Å². The number of nitrogens with one attached hydrogen (secondary N) is 2. The van der Waals surface area contributed by atoms with Crippen molar-refractivity contribution in [3.8, 4) is 0 Å². The Hall–Kier alpha value is -4.28. The van der Waals surface area contributed by atoms with Crippen molar-refractivity contribution >= 4 is 45.6 Å². The standard InChI is InChI=1S/C25H25FN8O2/c1-15-24(35)34(19-8-5-9-32(36)14-19)21-13-27-25(30-23(21)33(15)18-6-3-2-4-7-18)29-17-10-16-12-28-31-22(16)20(26)11-17/h5,8-15,18H,2-4,6-7H2,1H3,(H,28,31)(H,27,29,30)/t15-/m1/s1. The van der Waals surface area contributed by atoms with E-state index in [-0.39, 0.29) is 17.9 Å². The fourth-order valence-corrected chi connectivity index (χ4v) is 5.29. The van der Waals surface area contributed by atoms with Crippen LogP contribution in [-0.2, 0) is 4.79 Å². The number of H-pyrrole nitrogens is 1. The minimum absolute atomic E-state index is 0.143. The maximum Gasteiger partial charge on any atom is 0.254 e. The molecule has 6 rings (SSSR count). The summed E-state index contributed by atoms with van der Waals surface area (Å²) >= 11 is 0. The number of nitrogens with zero attached hydrogens (tertiary/aromatic N) is 6. The third kappa shape index (κ3) is 3.76. The van der Waals surface area contributed by atoms with Gasteiger partial charge in [0.15, 0.2) is 17.8 Å². The van der Waals surface area contributed by atoms with E-state index in [1.165, 1.54) is 29.8 Å². The largest absolute Gasteiger partial charge is 0.619 e. The molecule has 10 nitrogen and oxygen atoms in total. The van der Waals surface area contributed by atoms with Gasteiger partial charge in [-0.25, -0.2) is 9.37 Å². The fraction of sp³-hybridized carbons (Fsp3) is 0.320. The van der Waals surface area contributed by atoms with Crippen molar-refractivity contribution in [3.05, 3.63) is 60.1 Å². The Bertz CT molecular complexity index is 1450. The predicted octanol–water partition coefficient (Wildman–Crippen LogP) is 4.07. The normalized spacial score (nSPS) is 18.5. The molecule has 1 aromatic carbocycles. The number of hydrogen-bond donors (Lipinski definition) is 2. The lowest BCUT2D eigenvalue weighted by Crippen LogP contribution is -2.55. The second kappa shape index (κ2) is 8.74. The van der Waals surface area contributed by atoms with Crippen LogP contribution in [0, 0.1) is 11.0 Å². The molecule has 0 radical (unpaired) electrons. The van der Waals surface area contributed by atoms with Crippen LogP contribution in [0.15, 0.2) is 49.1 Å². The van der Waals surface area contributed by atoms with Gasteiger partial charge in [-0.3, -0.25) is 14.8 Å². The average Bonchev–Trinajstić information content (AvgIpc) is 3.35. The van der Waals surface area contributed by atoms with Gasteiger partial charge in [-0.15, -0.1) is 0 Å².